The summed E-state index contributed by atoms with van der Waals surface area (Å²) in [5.41, 5.74) is 0.736. The lowest BCUT2D eigenvalue weighted by Crippen LogP contribution is -2.44. The summed E-state index contributed by atoms with van der Waals surface area (Å²) in [5.74, 6) is -0.0532. The Morgan fingerprint density at radius 2 is 1.88 bits per heavy atom. The molecule has 1 heterocycles. The summed E-state index contributed by atoms with van der Waals surface area (Å²) in [6, 6.07) is 10.1. The van der Waals surface area contributed by atoms with E-state index < -0.39 is 5.60 Å². The molecule has 0 spiro atoms. The van der Waals surface area contributed by atoms with Gasteiger partial charge in [-0.3, -0.25) is 4.79 Å². The molecule has 0 radical (unpaired) electrons. The first kappa shape index (κ1) is 18.9. The van der Waals surface area contributed by atoms with E-state index in [2.05, 4.69) is 17.4 Å². The first-order valence-electron chi connectivity index (χ1n) is 8.94. The fraction of sp³-hybridized carbons (Fsp3) is 0.650. The quantitative estimate of drug-likeness (QED) is 0.779. The Balaban J connectivity index is 1.96. The number of hydrogen-bond acceptors (Lipinski definition) is 4. The second kappa shape index (κ2) is 8.63. The summed E-state index contributed by atoms with van der Waals surface area (Å²) < 4.78 is 11.5. The molecule has 1 aromatic rings. The number of piperidine rings is 1. The Hall–Kier alpha value is -1.39. The predicted octanol–water partition coefficient (Wildman–Crippen LogP) is 3.20. The van der Waals surface area contributed by atoms with Crippen molar-refractivity contribution in [3.63, 3.8) is 0 Å². The van der Waals surface area contributed by atoms with Crippen LogP contribution in [0.5, 0.6) is 0 Å². The molecule has 1 aliphatic rings. The normalized spacial score (nSPS) is 18.8. The third-order valence-electron chi connectivity index (χ3n) is 5.20. The lowest BCUT2D eigenvalue weighted by Gasteiger charge is -2.37. The van der Waals surface area contributed by atoms with Gasteiger partial charge in [0.25, 0.3) is 0 Å². The minimum atomic E-state index is -0.432. The van der Waals surface area contributed by atoms with Crippen molar-refractivity contribution in [2.75, 3.05) is 20.2 Å². The SMILES string of the molecule is COC(Cc1ccccc1)C(C)C(=O)OC(C)(C)C1CCNCC1. The number of carbonyl (C=O) groups excluding carboxylic acids is 1. The molecule has 0 saturated carbocycles. The van der Waals surface area contributed by atoms with E-state index in [0.29, 0.717) is 12.3 Å². The van der Waals surface area contributed by atoms with Crippen LogP contribution in [0.25, 0.3) is 0 Å². The molecular formula is C20H31NO3. The molecule has 1 aliphatic heterocycles. The van der Waals surface area contributed by atoms with Crippen molar-refractivity contribution in [2.24, 2.45) is 11.8 Å². The number of methoxy groups -OCH3 is 1. The largest absolute Gasteiger partial charge is 0.459 e. The fourth-order valence-electron chi connectivity index (χ4n) is 3.42. The van der Waals surface area contributed by atoms with Crippen molar-refractivity contribution in [3.8, 4) is 0 Å². The maximum absolute atomic E-state index is 12.7. The zero-order valence-electron chi connectivity index (χ0n) is 15.4. The average Bonchev–Trinajstić information content (AvgIpc) is 2.60. The highest BCUT2D eigenvalue weighted by atomic mass is 16.6. The number of benzene rings is 1. The summed E-state index contributed by atoms with van der Waals surface area (Å²) in [4.78, 5) is 12.7. The van der Waals surface area contributed by atoms with Crippen LogP contribution >= 0.6 is 0 Å². The molecule has 2 unspecified atom stereocenters. The van der Waals surface area contributed by atoms with Crippen LogP contribution in [0, 0.1) is 11.8 Å². The Bertz CT molecular complexity index is 509. The second-order valence-electron chi connectivity index (χ2n) is 7.30. The number of ether oxygens (including phenoxy) is 2. The molecule has 1 aromatic carbocycles. The Labute approximate surface area is 145 Å². The van der Waals surface area contributed by atoms with Gasteiger partial charge in [0.2, 0.25) is 0 Å². The highest BCUT2D eigenvalue weighted by molar-refractivity contribution is 5.73. The molecule has 0 aliphatic carbocycles. The first-order valence-corrected chi connectivity index (χ1v) is 8.94. The number of hydrogen-bond donors (Lipinski definition) is 1. The molecule has 0 aromatic heterocycles. The molecule has 24 heavy (non-hydrogen) atoms. The van der Waals surface area contributed by atoms with Crippen LogP contribution in [0.4, 0.5) is 0 Å². The average molecular weight is 333 g/mol. The van der Waals surface area contributed by atoms with E-state index in [1.807, 2.05) is 39.0 Å². The van der Waals surface area contributed by atoms with E-state index in [9.17, 15) is 4.79 Å². The van der Waals surface area contributed by atoms with Gasteiger partial charge < -0.3 is 14.8 Å². The maximum atomic E-state index is 12.7. The number of esters is 1. The topological polar surface area (TPSA) is 47.6 Å². The molecule has 0 bridgehead atoms. The summed E-state index contributed by atoms with van der Waals surface area (Å²) >= 11 is 0. The second-order valence-corrected chi connectivity index (χ2v) is 7.30. The predicted molar refractivity (Wildman–Crippen MR) is 95.9 cm³/mol. The van der Waals surface area contributed by atoms with E-state index in [1.54, 1.807) is 7.11 Å². The zero-order valence-corrected chi connectivity index (χ0v) is 15.4. The number of rotatable bonds is 7. The van der Waals surface area contributed by atoms with Gasteiger partial charge in [-0.2, -0.15) is 0 Å². The van der Waals surface area contributed by atoms with Crippen LogP contribution in [0.1, 0.15) is 39.2 Å². The molecule has 2 rings (SSSR count). The van der Waals surface area contributed by atoms with Gasteiger partial charge in [-0.1, -0.05) is 30.3 Å². The Morgan fingerprint density at radius 3 is 2.46 bits per heavy atom. The van der Waals surface area contributed by atoms with E-state index >= 15 is 0 Å². The summed E-state index contributed by atoms with van der Waals surface area (Å²) in [6.45, 7) is 7.96. The van der Waals surface area contributed by atoms with E-state index in [4.69, 9.17) is 9.47 Å². The van der Waals surface area contributed by atoms with Crippen LogP contribution in [0.15, 0.2) is 30.3 Å². The number of carbonyl (C=O) groups is 1. The summed E-state index contributed by atoms with van der Waals surface area (Å²) in [5, 5.41) is 3.36. The van der Waals surface area contributed by atoms with Gasteiger partial charge >= 0.3 is 5.97 Å². The van der Waals surface area contributed by atoms with E-state index in [0.717, 1.165) is 25.9 Å². The smallest absolute Gasteiger partial charge is 0.311 e. The van der Waals surface area contributed by atoms with Gasteiger partial charge in [0.15, 0.2) is 0 Å². The molecular weight excluding hydrogens is 302 g/mol. The van der Waals surface area contributed by atoms with E-state index in [-0.39, 0.29) is 18.0 Å². The molecule has 1 fully saturated rings. The van der Waals surface area contributed by atoms with Gasteiger partial charge in [-0.15, -0.1) is 0 Å². The van der Waals surface area contributed by atoms with Crippen molar-refractivity contribution in [1.82, 2.24) is 5.32 Å². The van der Waals surface area contributed by atoms with Crippen LogP contribution in [-0.2, 0) is 20.7 Å². The van der Waals surface area contributed by atoms with Crippen LogP contribution < -0.4 is 5.32 Å². The zero-order chi connectivity index (χ0) is 17.6. The minimum Gasteiger partial charge on any atom is -0.459 e. The molecule has 1 saturated heterocycles. The molecule has 4 nitrogen and oxygen atoms in total. The summed E-state index contributed by atoms with van der Waals surface area (Å²) in [7, 11) is 1.66. The third kappa shape index (κ3) is 5.05. The molecule has 0 amide bonds. The molecule has 1 N–H and O–H groups in total. The highest BCUT2D eigenvalue weighted by Gasteiger charge is 2.36. The van der Waals surface area contributed by atoms with Crippen molar-refractivity contribution >= 4 is 5.97 Å². The van der Waals surface area contributed by atoms with Gasteiger partial charge in [0, 0.05) is 13.0 Å². The van der Waals surface area contributed by atoms with Crippen molar-refractivity contribution in [3.05, 3.63) is 35.9 Å². The van der Waals surface area contributed by atoms with Gasteiger partial charge in [0.1, 0.15) is 5.60 Å². The van der Waals surface area contributed by atoms with Gasteiger partial charge in [0.05, 0.1) is 12.0 Å². The first-order chi connectivity index (χ1) is 11.4. The minimum absolute atomic E-state index is 0.165. The lowest BCUT2D eigenvalue weighted by molar-refractivity contribution is -0.171. The molecule has 4 heteroatoms. The van der Waals surface area contributed by atoms with Crippen molar-refractivity contribution < 1.29 is 14.3 Å². The van der Waals surface area contributed by atoms with Crippen molar-refractivity contribution in [2.45, 2.75) is 51.7 Å². The standard InChI is InChI=1S/C20H31NO3/c1-15(18(23-4)14-16-8-6-5-7-9-16)19(22)24-20(2,3)17-10-12-21-13-11-17/h5-9,15,17-18,21H,10-14H2,1-4H3. The summed E-state index contributed by atoms with van der Waals surface area (Å²) in [6.07, 6.45) is 2.63. The van der Waals surface area contributed by atoms with Gasteiger partial charge in [-0.25, -0.2) is 0 Å². The number of nitrogens with one attached hydrogen (secondary N) is 1. The molecule has 2 atom stereocenters. The van der Waals surface area contributed by atoms with E-state index in [1.165, 1.54) is 5.56 Å². The van der Waals surface area contributed by atoms with Crippen molar-refractivity contribution in [1.29, 1.82) is 0 Å². The van der Waals surface area contributed by atoms with Crippen LogP contribution in [-0.4, -0.2) is 37.9 Å². The molecule has 134 valence electrons. The Kier molecular flexibility index (Phi) is 6.81. The maximum Gasteiger partial charge on any atom is 0.311 e. The van der Waals surface area contributed by atoms with Gasteiger partial charge in [-0.05, 0) is 58.7 Å². The fourth-order valence-corrected chi connectivity index (χ4v) is 3.42. The lowest BCUT2D eigenvalue weighted by atomic mass is 9.83. The van der Waals surface area contributed by atoms with Crippen LogP contribution in [0.3, 0.4) is 0 Å². The third-order valence-corrected chi connectivity index (χ3v) is 5.20. The monoisotopic (exact) mass is 333 g/mol. The highest BCUT2D eigenvalue weighted by Crippen LogP contribution is 2.30. The van der Waals surface area contributed by atoms with Crippen LogP contribution in [0.2, 0.25) is 0 Å². The Morgan fingerprint density at radius 1 is 1.25 bits per heavy atom.